The quantitative estimate of drug-likeness (QED) is 0.881. The summed E-state index contributed by atoms with van der Waals surface area (Å²) in [6.45, 7) is 2.12. The Morgan fingerprint density at radius 1 is 1.30 bits per heavy atom. The molecule has 1 atom stereocenters. The van der Waals surface area contributed by atoms with Crippen molar-refractivity contribution >= 4 is 36.4 Å². The van der Waals surface area contributed by atoms with Crippen molar-refractivity contribution in [1.29, 1.82) is 0 Å². The minimum Gasteiger partial charge on any atom is -0.506 e. The Labute approximate surface area is 134 Å². The highest BCUT2D eigenvalue weighted by molar-refractivity contribution is 6.32. The van der Waals surface area contributed by atoms with Gasteiger partial charge in [0.2, 0.25) is 0 Å². The predicted molar refractivity (Wildman–Crippen MR) is 80.7 cm³/mol. The van der Waals surface area contributed by atoms with Crippen LogP contribution in [0.3, 0.4) is 0 Å². The molecule has 1 aliphatic heterocycles. The number of benzene rings is 1. The molecule has 1 aromatic carbocycles. The summed E-state index contributed by atoms with van der Waals surface area (Å²) >= 11 is 5.72. The van der Waals surface area contributed by atoms with E-state index < -0.39 is 18.5 Å². The van der Waals surface area contributed by atoms with Crippen molar-refractivity contribution in [3.05, 3.63) is 28.5 Å². The Bertz CT molecular complexity index is 431. The number of phenolic OH excluding ortho intramolecular Hbond substituents is 1. The average Bonchev–Trinajstić information content (AvgIpc) is 2.37. The maximum absolute atomic E-state index is 13.3. The van der Waals surface area contributed by atoms with Crippen molar-refractivity contribution < 1.29 is 13.9 Å². The second-order valence-electron chi connectivity index (χ2n) is 4.28. The molecule has 0 aliphatic carbocycles. The van der Waals surface area contributed by atoms with Gasteiger partial charge in [0.1, 0.15) is 18.2 Å². The van der Waals surface area contributed by atoms with Crippen molar-refractivity contribution in [3.8, 4) is 5.75 Å². The van der Waals surface area contributed by atoms with Crippen LogP contribution in [-0.2, 0) is 0 Å². The van der Waals surface area contributed by atoms with E-state index in [2.05, 4.69) is 5.32 Å². The normalized spacial score (nSPS) is 16.9. The molecule has 116 valence electrons. The van der Waals surface area contributed by atoms with E-state index in [9.17, 15) is 13.9 Å². The van der Waals surface area contributed by atoms with Crippen molar-refractivity contribution in [3.63, 3.8) is 0 Å². The van der Waals surface area contributed by atoms with Gasteiger partial charge >= 0.3 is 0 Å². The third-order valence-electron chi connectivity index (χ3n) is 3.16. The number of hydrogen-bond acceptors (Lipinski definition) is 3. The van der Waals surface area contributed by atoms with Crippen LogP contribution in [0.25, 0.3) is 0 Å². The fourth-order valence-corrected chi connectivity index (χ4v) is 2.42. The van der Waals surface area contributed by atoms with E-state index in [-0.39, 0.29) is 41.1 Å². The first-order valence-corrected chi connectivity index (χ1v) is 6.20. The molecule has 0 saturated carbocycles. The Balaban J connectivity index is 0.00000180. The second-order valence-corrected chi connectivity index (χ2v) is 4.69. The summed E-state index contributed by atoms with van der Waals surface area (Å²) in [5, 5.41) is 12.9. The molecule has 2 rings (SSSR count). The SMILES string of the molecule is Cl.Cl.Oc1c(Cl)cc(F)cc1[C@@H](CF)N1CCNCC1. The van der Waals surface area contributed by atoms with Crippen LogP contribution in [0.4, 0.5) is 8.78 Å². The number of aromatic hydroxyl groups is 1. The summed E-state index contributed by atoms with van der Waals surface area (Å²) in [4.78, 5) is 1.88. The van der Waals surface area contributed by atoms with E-state index in [1.807, 2.05) is 4.90 Å². The molecule has 1 aliphatic rings. The van der Waals surface area contributed by atoms with Gasteiger partial charge in [-0.2, -0.15) is 0 Å². The van der Waals surface area contributed by atoms with Crippen LogP contribution < -0.4 is 5.32 Å². The third kappa shape index (κ3) is 4.33. The first-order chi connectivity index (χ1) is 8.63. The highest BCUT2D eigenvalue weighted by Crippen LogP contribution is 2.35. The lowest BCUT2D eigenvalue weighted by Crippen LogP contribution is -2.45. The lowest BCUT2D eigenvalue weighted by molar-refractivity contribution is 0.145. The van der Waals surface area contributed by atoms with Crippen LogP contribution in [0.2, 0.25) is 5.02 Å². The second kappa shape index (κ2) is 8.85. The molecule has 0 radical (unpaired) electrons. The number of halogens is 5. The number of piperazine rings is 1. The van der Waals surface area contributed by atoms with E-state index in [0.29, 0.717) is 13.1 Å². The van der Waals surface area contributed by atoms with Crippen LogP contribution in [0.5, 0.6) is 5.75 Å². The van der Waals surface area contributed by atoms with Crippen molar-refractivity contribution in [2.75, 3.05) is 32.9 Å². The van der Waals surface area contributed by atoms with Gasteiger partial charge in [-0.05, 0) is 12.1 Å². The van der Waals surface area contributed by atoms with Gasteiger partial charge in [0.05, 0.1) is 11.1 Å². The Morgan fingerprint density at radius 2 is 1.90 bits per heavy atom. The molecule has 0 bridgehead atoms. The molecular formula is C12H17Cl3F2N2O. The molecule has 1 heterocycles. The largest absolute Gasteiger partial charge is 0.506 e. The predicted octanol–water partition coefficient (Wildman–Crippen LogP) is 2.94. The molecule has 20 heavy (non-hydrogen) atoms. The summed E-state index contributed by atoms with van der Waals surface area (Å²) < 4.78 is 26.6. The maximum Gasteiger partial charge on any atom is 0.139 e. The number of nitrogens with one attached hydrogen (secondary N) is 1. The molecule has 0 unspecified atom stereocenters. The number of nitrogens with zero attached hydrogens (tertiary/aromatic N) is 1. The Kier molecular flexibility index (Phi) is 8.70. The van der Waals surface area contributed by atoms with Crippen LogP contribution in [0, 0.1) is 5.82 Å². The minimum absolute atomic E-state index is 0. The molecule has 2 N–H and O–H groups in total. The van der Waals surface area contributed by atoms with Gasteiger partial charge in [-0.25, -0.2) is 8.78 Å². The van der Waals surface area contributed by atoms with Gasteiger partial charge in [-0.1, -0.05) is 11.6 Å². The Morgan fingerprint density at radius 3 is 2.45 bits per heavy atom. The lowest BCUT2D eigenvalue weighted by Gasteiger charge is -2.34. The smallest absolute Gasteiger partial charge is 0.139 e. The zero-order valence-corrected chi connectivity index (χ0v) is 13.0. The highest BCUT2D eigenvalue weighted by Gasteiger charge is 2.26. The van der Waals surface area contributed by atoms with E-state index >= 15 is 0 Å². The standard InChI is InChI=1S/C12H15ClF2N2O.2ClH/c13-10-6-8(15)5-9(12(10)18)11(7-14)17-3-1-16-2-4-17;;/h5-6,11,16,18H,1-4,7H2;2*1H/t11-;;/m1../s1. The maximum atomic E-state index is 13.3. The van der Waals surface area contributed by atoms with Gasteiger partial charge in [0.25, 0.3) is 0 Å². The molecule has 1 aromatic rings. The summed E-state index contributed by atoms with van der Waals surface area (Å²) in [5.41, 5.74) is 0.212. The van der Waals surface area contributed by atoms with E-state index in [4.69, 9.17) is 11.6 Å². The van der Waals surface area contributed by atoms with Gasteiger partial charge in [0.15, 0.2) is 0 Å². The molecule has 8 heteroatoms. The van der Waals surface area contributed by atoms with Gasteiger partial charge in [0, 0.05) is 31.7 Å². The summed E-state index contributed by atoms with van der Waals surface area (Å²) in [6, 6.07) is 1.52. The highest BCUT2D eigenvalue weighted by atomic mass is 35.5. The third-order valence-corrected chi connectivity index (χ3v) is 3.44. The molecule has 0 aromatic heterocycles. The van der Waals surface area contributed by atoms with E-state index in [1.54, 1.807) is 0 Å². The molecule has 1 saturated heterocycles. The van der Waals surface area contributed by atoms with Crippen LogP contribution >= 0.6 is 36.4 Å². The van der Waals surface area contributed by atoms with E-state index in [0.717, 1.165) is 25.2 Å². The average molecular weight is 350 g/mol. The number of phenols is 1. The Hall–Kier alpha value is -0.330. The fourth-order valence-electron chi connectivity index (χ4n) is 2.21. The van der Waals surface area contributed by atoms with Crippen LogP contribution in [0.15, 0.2) is 12.1 Å². The van der Waals surface area contributed by atoms with Crippen molar-refractivity contribution in [2.24, 2.45) is 0 Å². The monoisotopic (exact) mass is 348 g/mol. The van der Waals surface area contributed by atoms with Crippen LogP contribution in [-0.4, -0.2) is 42.9 Å². The zero-order chi connectivity index (χ0) is 13.1. The topological polar surface area (TPSA) is 35.5 Å². The summed E-state index contributed by atoms with van der Waals surface area (Å²) in [6.07, 6.45) is 0. The van der Waals surface area contributed by atoms with Gasteiger partial charge in [-0.15, -0.1) is 24.8 Å². The fraction of sp³-hybridized carbons (Fsp3) is 0.500. The number of rotatable bonds is 3. The van der Waals surface area contributed by atoms with Crippen LogP contribution in [0.1, 0.15) is 11.6 Å². The first kappa shape index (κ1) is 19.7. The van der Waals surface area contributed by atoms with Crippen molar-refractivity contribution in [1.82, 2.24) is 10.2 Å². The summed E-state index contributed by atoms with van der Waals surface area (Å²) in [7, 11) is 0. The number of hydrogen-bond donors (Lipinski definition) is 2. The molecule has 1 fully saturated rings. The first-order valence-electron chi connectivity index (χ1n) is 5.82. The molecule has 3 nitrogen and oxygen atoms in total. The summed E-state index contributed by atoms with van der Waals surface area (Å²) in [5.74, 6) is -0.805. The minimum atomic E-state index is -0.687. The van der Waals surface area contributed by atoms with Crippen molar-refractivity contribution in [2.45, 2.75) is 6.04 Å². The van der Waals surface area contributed by atoms with E-state index in [1.165, 1.54) is 0 Å². The lowest BCUT2D eigenvalue weighted by atomic mass is 10.0. The molecule has 0 amide bonds. The zero-order valence-electron chi connectivity index (χ0n) is 10.6. The molecule has 0 spiro atoms. The number of alkyl halides is 1. The van der Waals surface area contributed by atoms with Gasteiger partial charge < -0.3 is 10.4 Å². The van der Waals surface area contributed by atoms with Gasteiger partial charge in [-0.3, -0.25) is 4.90 Å². The molecular weight excluding hydrogens is 333 g/mol.